The average molecular weight is 178 g/mol. The van der Waals surface area contributed by atoms with Gasteiger partial charge in [-0.15, -0.1) is 0 Å². The van der Waals surface area contributed by atoms with Gasteiger partial charge in [-0.25, -0.2) is 0 Å². The van der Waals surface area contributed by atoms with Crippen LogP contribution in [-0.4, -0.2) is 5.78 Å². The van der Waals surface area contributed by atoms with E-state index >= 15 is 0 Å². The van der Waals surface area contributed by atoms with Crippen molar-refractivity contribution in [1.29, 1.82) is 0 Å². The van der Waals surface area contributed by atoms with Crippen molar-refractivity contribution in [1.82, 2.24) is 0 Å². The summed E-state index contributed by atoms with van der Waals surface area (Å²) >= 11 is 0. The van der Waals surface area contributed by atoms with Crippen LogP contribution in [0.2, 0.25) is 0 Å². The zero-order valence-corrected chi connectivity index (χ0v) is 8.49. The van der Waals surface area contributed by atoms with E-state index in [-0.39, 0.29) is 5.78 Å². The molecule has 0 aromatic rings. The average Bonchev–Trinajstić information content (AvgIpc) is 2.09. The van der Waals surface area contributed by atoms with Gasteiger partial charge in [0.15, 0.2) is 5.78 Å². The van der Waals surface area contributed by atoms with Crippen LogP contribution in [0.5, 0.6) is 0 Å². The molecule has 1 nitrogen and oxygen atoms in total. The minimum atomic E-state index is 0.0931. The van der Waals surface area contributed by atoms with Crippen LogP contribution in [0.4, 0.5) is 0 Å². The first-order chi connectivity index (χ1) is 6.27. The van der Waals surface area contributed by atoms with Crippen molar-refractivity contribution >= 4 is 5.78 Å². The van der Waals surface area contributed by atoms with Crippen LogP contribution in [0.1, 0.15) is 33.1 Å². The smallest absolute Gasteiger partial charge is 0.152 e. The Hall–Kier alpha value is -1.11. The Balaban J connectivity index is 3.42. The number of carbonyl (C=O) groups excluding carboxylic acids is 1. The largest absolute Gasteiger partial charge is 0.295 e. The second-order valence-electron chi connectivity index (χ2n) is 2.85. The minimum Gasteiger partial charge on any atom is -0.295 e. The van der Waals surface area contributed by atoms with E-state index in [4.69, 9.17) is 0 Å². The van der Waals surface area contributed by atoms with Gasteiger partial charge in [-0.3, -0.25) is 4.79 Å². The highest BCUT2D eigenvalue weighted by atomic mass is 16.1. The lowest BCUT2D eigenvalue weighted by Gasteiger charge is -1.84. The van der Waals surface area contributed by atoms with E-state index in [1.165, 1.54) is 0 Å². The zero-order chi connectivity index (χ0) is 9.94. The maximum absolute atomic E-state index is 10.5. The normalized spacial score (nSPS) is 12.2. The molecule has 0 rings (SSSR count). The highest BCUT2D eigenvalue weighted by Gasteiger charge is 1.77. The van der Waals surface area contributed by atoms with Crippen molar-refractivity contribution in [3.05, 3.63) is 36.5 Å². The number of hydrogen-bond acceptors (Lipinski definition) is 1. The van der Waals surface area contributed by atoms with Crippen molar-refractivity contribution in [2.24, 2.45) is 0 Å². The molecule has 0 N–H and O–H groups in total. The van der Waals surface area contributed by atoms with Gasteiger partial charge < -0.3 is 0 Å². The van der Waals surface area contributed by atoms with Gasteiger partial charge in [0.1, 0.15) is 0 Å². The monoisotopic (exact) mass is 178 g/mol. The molecule has 0 bridgehead atoms. The standard InChI is InChI=1S/C12H18O/c1-3-4-5-6-7-8-9-10-11-12(2)13/h4-5,8-11H,3,6-7H2,1-2H3/b5-4+,9-8+,11-10+. The molecule has 0 fully saturated rings. The number of ketones is 1. The Morgan fingerprint density at radius 3 is 2.38 bits per heavy atom. The third-order valence-electron chi connectivity index (χ3n) is 1.48. The molecular formula is C12H18O. The third kappa shape index (κ3) is 10.9. The van der Waals surface area contributed by atoms with Crippen molar-refractivity contribution < 1.29 is 4.79 Å². The van der Waals surface area contributed by atoms with E-state index in [0.717, 1.165) is 19.3 Å². The Labute approximate surface area is 80.8 Å². The van der Waals surface area contributed by atoms with Crippen LogP contribution in [0.15, 0.2) is 36.5 Å². The van der Waals surface area contributed by atoms with Gasteiger partial charge in [-0.1, -0.05) is 37.3 Å². The fourth-order valence-electron chi connectivity index (χ4n) is 0.843. The molecule has 72 valence electrons. The molecule has 0 atom stereocenters. The SMILES string of the molecule is CC/C=C/CC/C=C/C=C/C(C)=O. The van der Waals surface area contributed by atoms with Crippen molar-refractivity contribution in [3.63, 3.8) is 0 Å². The van der Waals surface area contributed by atoms with Crippen LogP contribution >= 0.6 is 0 Å². The summed E-state index contributed by atoms with van der Waals surface area (Å²) < 4.78 is 0. The topological polar surface area (TPSA) is 17.1 Å². The van der Waals surface area contributed by atoms with Crippen molar-refractivity contribution in [2.45, 2.75) is 33.1 Å². The summed E-state index contributed by atoms with van der Waals surface area (Å²) in [5.74, 6) is 0.0931. The summed E-state index contributed by atoms with van der Waals surface area (Å²) in [6.45, 7) is 3.68. The summed E-state index contributed by atoms with van der Waals surface area (Å²) in [5.41, 5.74) is 0. The molecule has 0 aliphatic rings. The molecule has 0 aliphatic carbocycles. The number of unbranched alkanes of at least 4 members (excludes halogenated alkanes) is 1. The first-order valence-electron chi connectivity index (χ1n) is 4.76. The van der Waals surface area contributed by atoms with E-state index < -0.39 is 0 Å². The summed E-state index contributed by atoms with van der Waals surface area (Å²) in [6.07, 6.45) is 14.9. The second kappa shape index (κ2) is 8.98. The predicted molar refractivity (Wildman–Crippen MR) is 57.6 cm³/mol. The van der Waals surface area contributed by atoms with Gasteiger partial charge in [0, 0.05) is 0 Å². The quantitative estimate of drug-likeness (QED) is 0.263. The first-order valence-corrected chi connectivity index (χ1v) is 4.76. The molecule has 0 saturated carbocycles. The third-order valence-corrected chi connectivity index (χ3v) is 1.48. The fourth-order valence-corrected chi connectivity index (χ4v) is 0.843. The summed E-state index contributed by atoms with van der Waals surface area (Å²) in [6, 6.07) is 0. The highest BCUT2D eigenvalue weighted by molar-refractivity contribution is 5.87. The van der Waals surface area contributed by atoms with Crippen LogP contribution < -0.4 is 0 Å². The van der Waals surface area contributed by atoms with Crippen LogP contribution in [0.25, 0.3) is 0 Å². The van der Waals surface area contributed by atoms with Gasteiger partial charge in [-0.2, -0.15) is 0 Å². The molecule has 13 heavy (non-hydrogen) atoms. The minimum absolute atomic E-state index is 0.0931. The summed E-state index contributed by atoms with van der Waals surface area (Å²) in [5, 5.41) is 0. The predicted octanol–water partition coefficient (Wildman–Crippen LogP) is 3.43. The fraction of sp³-hybridized carbons (Fsp3) is 0.417. The molecular weight excluding hydrogens is 160 g/mol. The Bertz CT molecular complexity index is 209. The van der Waals surface area contributed by atoms with Crippen molar-refractivity contribution in [3.8, 4) is 0 Å². The lowest BCUT2D eigenvalue weighted by atomic mass is 10.2. The van der Waals surface area contributed by atoms with Gasteiger partial charge in [0.2, 0.25) is 0 Å². The van der Waals surface area contributed by atoms with E-state index in [2.05, 4.69) is 25.2 Å². The molecule has 0 aromatic heterocycles. The number of rotatable bonds is 6. The summed E-state index contributed by atoms with van der Waals surface area (Å²) in [7, 11) is 0. The molecule has 0 amide bonds. The van der Waals surface area contributed by atoms with E-state index in [9.17, 15) is 4.79 Å². The van der Waals surface area contributed by atoms with Crippen LogP contribution in [0.3, 0.4) is 0 Å². The first kappa shape index (κ1) is 11.9. The lowest BCUT2D eigenvalue weighted by molar-refractivity contribution is -0.112. The molecule has 0 aliphatic heterocycles. The number of hydrogen-bond donors (Lipinski definition) is 0. The molecule has 0 heterocycles. The van der Waals surface area contributed by atoms with Gasteiger partial charge in [-0.05, 0) is 32.3 Å². The molecule has 0 spiro atoms. The highest BCUT2D eigenvalue weighted by Crippen LogP contribution is 1.94. The Morgan fingerprint density at radius 1 is 1.08 bits per heavy atom. The Morgan fingerprint density at radius 2 is 1.77 bits per heavy atom. The summed E-state index contributed by atoms with van der Waals surface area (Å²) in [4.78, 5) is 10.5. The van der Waals surface area contributed by atoms with Gasteiger partial charge in [0.05, 0.1) is 0 Å². The van der Waals surface area contributed by atoms with E-state index in [1.807, 2.05) is 6.08 Å². The maximum Gasteiger partial charge on any atom is 0.152 e. The van der Waals surface area contributed by atoms with E-state index in [1.54, 1.807) is 19.1 Å². The lowest BCUT2D eigenvalue weighted by Crippen LogP contribution is -1.77. The molecule has 1 heteroatoms. The molecule has 0 aromatic carbocycles. The van der Waals surface area contributed by atoms with Crippen LogP contribution in [0, 0.1) is 0 Å². The van der Waals surface area contributed by atoms with E-state index in [0.29, 0.717) is 0 Å². The second-order valence-corrected chi connectivity index (χ2v) is 2.85. The number of carbonyl (C=O) groups is 1. The van der Waals surface area contributed by atoms with Gasteiger partial charge >= 0.3 is 0 Å². The molecule has 0 radical (unpaired) electrons. The molecule has 0 unspecified atom stereocenters. The van der Waals surface area contributed by atoms with Crippen molar-refractivity contribution in [2.75, 3.05) is 0 Å². The molecule has 0 saturated heterocycles. The maximum atomic E-state index is 10.5. The number of allylic oxidation sites excluding steroid dienone is 6. The Kier molecular flexibility index (Phi) is 8.21. The van der Waals surface area contributed by atoms with Crippen LogP contribution in [-0.2, 0) is 4.79 Å². The zero-order valence-electron chi connectivity index (χ0n) is 8.49. The van der Waals surface area contributed by atoms with Gasteiger partial charge in [0.25, 0.3) is 0 Å².